The standard InChI is InChI=1S/C19H24N2O/c1-13-9-10-17(14(2)11-13)12-21-19(22)15(3)18(20)16-7-5-4-6-8-16/h4-11,15,18H,12,20H2,1-3H3,(H,21,22). The maximum atomic E-state index is 12.3. The molecule has 116 valence electrons. The molecule has 0 aromatic heterocycles. The van der Waals surface area contributed by atoms with E-state index in [4.69, 9.17) is 5.73 Å². The van der Waals surface area contributed by atoms with Crippen LogP contribution in [0.5, 0.6) is 0 Å². The first-order valence-corrected chi connectivity index (χ1v) is 7.63. The fourth-order valence-corrected chi connectivity index (χ4v) is 2.51. The molecule has 2 rings (SSSR count). The molecule has 0 bridgehead atoms. The number of carbonyl (C=O) groups excluding carboxylic acids is 1. The highest BCUT2D eigenvalue weighted by Crippen LogP contribution is 2.19. The quantitative estimate of drug-likeness (QED) is 0.890. The molecule has 0 saturated carbocycles. The summed E-state index contributed by atoms with van der Waals surface area (Å²) in [5.74, 6) is -0.288. The molecule has 0 spiro atoms. The zero-order chi connectivity index (χ0) is 16.1. The number of aryl methyl sites for hydroxylation is 2. The number of hydrogen-bond acceptors (Lipinski definition) is 2. The smallest absolute Gasteiger partial charge is 0.225 e. The first-order chi connectivity index (χ1) is 10.5. The fourth-order valence-electron chi connectivity index (χ4n) is 2.51. The highest BCUT2D eigenvalue weighted by molar-refractivity contribution is 5.79. The molecule has 1 amide bonds. The maximum absolute atomic E-state index is 12.3. The van der Waals surface area contributed by atoms with Crippen molar-refractivity contribution in [1.29, 1.82) is 0 Å². The van der Waals surface area contributed by atoms with Crippen molar-refractivity contribution in [2.75, 3.05) is 0 Å². The molecule has 2 aromatic carbocycles. The molecule has 0 aliphatic rings. The van der Waals surface area contributed by atoms with E-state index in [1.54, 1.807) is 0 Å². The Bertz CT molecular complexity index is 637. The minimum absolute atomic E-state index is 0.0173. The van der Waals surface area contributed by atoms with Crippen LogP contribution in [0.3, 0.4) is 0 Å². The van der Waals surface area contributed by atoms with Gasteiger partial charge >= 0.3 is 0 Å². The van der Waals surface area contributed by atoms with E-state index in [9.17, 15) is 4.79 Å². The lowest BCUT2D eigenvalue weighted by Gasteiger charge is -2.20. The molecular formula is C19H24N2O. The van der Waals surface area contributed by atoms with Crippen LogP contribution in [0.2, 0.25) is 0 Å². The van der Waals surface area contributed by atoms with E-state index in [1.807, 2.05) is 37.3 Å². The van der Waals surface area contributed by atoms with Gasteiger partial charge in [0.05, 0.1) is 5.92 Å². The minimum atomic E-state index is -0.291. The summed E-state index contributed by atoms with van der Waals surface area (Å²) in [4.78, 5) is 12.3. The Labute approximate surface area is 132 Å². The van der Waals surface area contributed by atoms with Gasteiger partial charge in [0, 0.05) is 12.6 Å². The van der Waals surface area contributed by atoms with Gasteiger partial charge in [-0.25, -0.2) is 0 Å². The second-order valence-corrected chi connectivity index (χ2v) is 5.87. The largest absolute Gasteiger partial charge is 0.352 e. The summed E-state index contributed by atoms with van der Waals surface area (Å²) in [5, 5.41) is 2.99. The third-order valence-corrected chi connectivity index (χ3v) is 4.09. The van der Waals surface area contributed by atoms with Crippen molar-refractivity contribution < 1.29 is 4.79 Å². The van der Waals surface area contributed by atoms with Crippen LogP contribution in [-0.2, 0) is 11.3 Å². The zero-order valence-corrected chi connectivity index (χ0v) is 13.5. The summed E-state index contributed by atoms with van der Waals surface area (Å²) in [5.41, 5.74) is 10.7. The monoisotopic (exact) mass is 296 g/mol. The van der Waals surface area contributed by atoms with Crippen LogP contribution in [0.15, 0.2) is 48.5 Å². The van der Waals surface area contributed by atoms with Crippen LogP contribution in [0, 0.1) is 19.8 Å². The van der Waals surface area contributed by atoms with Crippen LogP contribution in [-0.4, -0.2) is 5.91 Å². The molecule has 0 heterocycles. The molecule has 2 unspecified atom stereocenters. The van der Waals surface area contributed by atoms with Gasteiger partial charge < -0.3 is 11.1 Å². The van der Waals surface area contributed by atoms with Crippen molar-refractivity contribution in [3.05, 3.63) is 70.8 Å². The molecule has 3 nitrogen and oxygen atoms in total. The van der Waals surface area contributed by atoms with Crippen molar-refractivity contribution in [3.8, 4) is 0 Å². The van der Waals surface area contributed by atoms with Crippen LogP contribution in [0.25, 0.3) is 0 Å². The summed E-state index contributed by atoms with van der Waals surface area (Å²) in [6.07, 6.45) is 0. The zero-order valence-electron chi connectivity index (χ0n) is 13.5. The van der Waals surface area contributed by atoms with E-state index >= 15 is 0 Å². The molecule has 2 aromatic rings. The normalized spacial score (nSPS) is 13.5. The van der Waals surface area contributed by atoms with E-state index < -0.39 is 0 Å². The maximum Gasteiger partial charge on any atom is 0.225 e. The lowest BCUT2D eigenvalue weighted by Crippen LogP contribution is -2.35. The number of rotatable bonds is 5. The lowest BCUT2D eigenvalue weighted by atomic mass is 9.94. The van der Waals surface area contributed by atoms with Gasteiger partial charge in [-0.1, -0.05) is 61.0 Å². The molecule has 3 heteroatoms. The van der Waals surface area contributed by atoms with Gasteiger partial charge in [-0.2, -0.15) is 0 Å². The Morgan fingerprint density at radius 3 is 2.45 bits per heavy atom. The third kappa shape index (κ3) is 3.95. The van der Waals surface area contributed by atoms with E-state index in [-0.39, 0.29) is 17.9 Å². The first kappa shape index (κ1) is 16.2. The number of amides is 1. The number of nitrogens with one attached hydrogen (secondary N) is 1. The predicted molar refractivity (Wildman–Crippen MR) is 90.3 cm³/mol. The van der Waals surface area contributed by atoms with Gasteiger partial charge in [-0.3, -0.25) is 4.79 Å². The van der Waals surface area contributed by atoms with Crippen molar-refractivity contribution in [2.45, 2.75) is 33.4 Å². The Kier molecular flexibility index (Phi) is 5.34. The first-order valence-electron chi connectivity index (χ1n) is 7.63. The van der Waals surface area contributed by atoms with E-state index in [0.29, 0.717) is 6.54 Å². The van der Waals surface area contributed by atoms with Crippen molar-refractivity contribution >= 4 is 5.91 Å². The predicted octanol–water partition coefficient (Wildman–Crippen LogP) is 3.26. The minimum Gasteiger partial charge on any atom is -0.352 e. The van der Waals surface area contributed by atoms with Gasteiger partial charge in [0.25, 0.3) is 0 Å². The summed E-state index contributed by atoms with van der Waals surface area (Å²) >= 11 is 0. The second-order valence-electron chi connectivity index (χ2n) is 5.87. The SMILES string of the molecule is Cc1ccc(CNC(=O)C(C)C(N)c2ccccc2)c(C)c1. The molecule has 22 heavy (non-hydrogen) atoms. The van der Waals surface area contributed by atoms with Gasteiger partial charge in [0.15, 0.2) is 0 Å². The van der Waals surface area contributed by atoms with E-state index in [0.717, 1.165) is 11.1 Å². The highest BCUT2D eigenvalue weighted by atomic mass is 16.1. The molecule has 0 aliphatic heterocycles. The van der Waals surface area contributed by atoms with Crippen molar-refractivity contribution in [3.63, 3.8) is 0 Å². The Balaban J connectivity index is 1.97. The molecule has 3 N–H and O–H groups in total. The van der Waals surface area contributed by atoms with E-state index in [2.05, 4.69) is 37.4 Å². The van der Waals surface area contributed by atoms with Crippen molar-refractivity contribution in [1.82, 2.24) is 5.32 Å². The summed E-state index contributed by atoms with van der Waals surface area (Å²) in [6.45, 7) is 6.54. The second kappa shape index (κ2) is 7.23. The topological polar surface area (TPSA) is 55.1 Å². The summed E-state index contributed by atoms with van der Waals surface area (Å²) < 4.78 is 0. The number of nitrogens with two attached hydrogens (primary N) is 1. The average molecular weight is 296 g/mol. The number of carbonyl (C=O) groups is 1. The number of benzene rings is 2. The van der Waals surface area contributed by atoms with Crippen LogP contribution in [0.4, 0.5) is 0 Å². The van der Waals surface area contributed by atoms with Crippen LogP contribution >= 0.6 is 0 Å². The van der Waals surface area contributed by atoms with Gasteiger partial charge in [-0.05, 0) is 30.5 Å². The number of hydrogen-bond donors (Lipinski definition) is 2. The molecular weight excluding hydrogens is 272 g/mol. The fraction of sp³-hybridized carbons (Fsp3) is 0.316. The van der Waals surface area contributed by atoms with Gasteiger partial charge in [-0.15, -0.1) is 0 Å². The van der Waals surface area contributed by atoms with Crippen molar-refractivity contribution in [2.24, 2.45) is 11.7 Å². The molecule has 0 aliphatic carbocycles. The molecule has 0 fully saturated rings. The summed E-state index contributed by atoms with van der Waals surface area (Å²) in [7, 11) is 0. The third-order valence-electron chi connectivity index (χ3n) is 4.09. The molecule has 0 radical (unpaired) electrons. The molecule has 2 atom stereocenters. The Morgan fingerprint density at radius 1 is 1.14 bits per heavy atom. The van der Waals surface area contributed by atoms with E-state index in [1.165, 1.54) is 11.1 Å². The Hall–Kier alpha value is -2.13. The Morgan fingerprint density at radius 2 is 1.82 bits per heavy atom. The summed E-state index contributed by atoms with van der Waals surface area (Å²) in [6, 6.07) is 15.7. The average Bonchev–Trinajstić information content (AvgIpc) is 2.53. The van der Waals surface area contributed by atoms with Crippen LogP contribution in [0.1, 0.15) is 35.2 Å². The van der Waals surface area contributed by atoms with Gasteiger partial charge in [0.2, 0.25) is 5.91 Å². The highest BCUT2D eigenvalue weighted by Gasteiger charge is 2.21. The molecule has 0 saturated heterocycles. The van der Waals surface area contributed by atoms with Gasteiger partial charge in [0.1, 0.15) is 0 Å². The lowest BCUT2D eigenvalue weighted by molar-refractivity contribution is -0.125. The van der Waals surface area contributed by atoms with Crippen LogP contribution < -0.4 is 11.1 Å².